The first-order valence-electron chi connectivity index (χ1n) is 5.92. The van der Waals surface area contributed by atoms with E-state index in [2.05, 4.69) is 10.6 Å². The molecule has 1 rings (SSSR count). The fourth-order valence-electron chi connectivity index (χ4n) is 1.48. The molecule has 0 aliphatic carbocycles. The van der Waals surface area contributed by atoms with Crippen LogP contribution in [0.5, 0.6) is 11.5 Å². The lowest BCUT2D eigenvalue weighted by molar-refractivity contribution is -0.115. The van der Waals surface area contributed by atoms with Gasteiger partial charge >= 0.3 is 0 Å². The smallest absolute Gasteiger partial charge is 0.238 e. The summed E-state index contributed by atoms with van der Waals surface area (Å²) >= 11 is 0. The van der Waals surface area contributed by atoms with E-state index in [4.69, 9.17) is 14.2 Å². The van der Waals surface area contributed by atoms with Gasteiger partial charge in [0.2, 0.25) is 5.91 Å². The van der Waals surface area contributed by atoms with Gasteiger partial charge < -0.3 is 24.8 Å². The molecule has 0 atom stereocenters. The molecule has 0 saturated heterocycles. The molecule has 1 amide bonds. The molecule has 0 unspecified atom stereocenters. The quantitative estimate of drug-likeness (QED) is 0.685. The van der Waals surface area contributed by atoms with E-state index in [0.717, 1.165) is 0 Å². The summed E-state index contributed by atoms with van der Waals surface area (Å²) in [4.78, 5) is 11.7. The number of hydrogen-bond acceptors (Lipinski definition) is 5. The van der Waals surface area contributed by atoms with Gasteiger partial charge in [-0.1, -0.05) is 0 Å². The number of benzene rings is 1. The highest BCUT2D eigenvalue weighted by Crippen LogP contribution is 2.28. The zero-order valence-electron chi connectivity index (χ0n) is 11.5. The minimum Gasteiger partial charge on any atom is -0.497 e. The standard InChI is InChI=1S/C13H20N2O4/c1-17-7-6-14-9-13(16)15-11-8-10(18-2)4-5-12(11)19-3/h4-5,8,14H,6-7,9H2,1-3H3,(H,15,16). The summed E-state index contributed by atoms with van der Waals surface area (Å²) in [5, 5.41) is 5.73. The first-order valence-corrected chi connectivity index (χ1v) is 5.92. The van der Waals surface area contributed by atoms with Crippen LogP contribution in [0.25, 0.3) is 0 Å². The SMILES string of the molecule is COCCNCC(=O)Nc1cc(OC)ccc1OC. The minimum absolute atomic E-state index is 0.150. The average Bonchev–Trinajstić information content (AvgIpc) is 2.43. The number of carbonyl (C=O) groups is 1. The van der Waals surface area contributed by atoms with Gasteiger partial charge in [0.25, 0.3) is 0 Å². The maximum Gasteiger partial charge on any atom is 0.238 e. The number of amides is 1. The molecule has 2 N–H and O–H groups in total. The Kier molecular flexibility index (Phi) is 6.70. The highest BCUT2D eigenvalue weighted by Gasteiger charge is 2.08. The maximum absolute atomic E-state index is 11.7. The van der Waals surface area contributed by atoms with Gasteiger partial charge in [-0.15, -0.1) is 0 Å². The van der Waals surface area contributed by atoms with Crippen molar-refractivity contribution < 1.29 is 19.0 Å². The Balaban J connectivity index is 2.56. The Hall–Kier alpha value is -1.79. The van der Waals surface area contributed by atoms with E-state index in [-0.39, 0.29) is 12.5 Å². The Morgan fingerprint density at radius 3 is 2.63 bits per heavy atom. The number of carbonyl (C=O) groups excluding carboxylic acids is 1. The van der Waals surface area contributed by atoms with Crippen LogP contribution in [0, 0.1) is 0 Å². The maximum atomic E-state index is 11.7. The Labute approximate surface area is 113 Å². The molecule has 6 heteroatoms. The van der Waals surface area contributed by atoms with Crippen molar-refractivity contribution >= 4 is 11.6 Å². The van der Waals surface area contributed by atoms with E-state index in [0.29, 0.717) is 30.3 Å². The molecule has 0 aromatic heterocycles. The van der Waals surface area contributed by atoms with Gasteiger partial charge in [-0.25, -0.2) is 0 Å². The van der Waals surface area contributed by atoms with Gasteiger partial charge in [-0.2, -0.15) is 0 Å². The molecule has 6 nitrogen and oxygen atoms in total. The van der Waals surface area contributed by atoms with Crippen molar-refractivity contribution in [3.8, 4) is 11.5 Å². The fourth-order valence-corrected chi connectivity index (χ4v) is 1.48. The van der Waals surface area contributed by atoms with Crippen molar-refractivity contribution in [2.75, 3.05) is 46.3 Å². The van der Waals surface area contributed by atoms with E-state index in [1.807, 2.05) is 0 Å². The number of hydrogen-bond donors (Lipinski definition) is 2. The third kappa shape index (κ3) is 5.15. The second kappa shape index (κ2) is 8.34. The highest BCUT2D eigenvalue weighted by molar-refractivity contribution is 5.93. The molecule has 19 heavy (non-hydrogen) atoms. The molecule has 1 aromatic rings. The van der Waals surface area contributed by atoms with Crippen molar-refractivity contribution in [3.05, 3.63) is 18.2 Å². The summed E-state index contributed by atoms with van der Waals surface area (Å²) in [5.74, 6) is 1.09. The first-order chi connectivity index (χ1) is 9.21. The van der Waals surface area contributed by atoms with Gasteiger partial charge in [0.05, 0.1) is 33.1 Å². The van der Waals surface area contributed by atoms with Crippen LogP contribution in [-0.4, -0.2) is 46.9 Å². The van der Waals surface area contributed by atoms with Crippen LogP contribution in [0.4, 0.5) is 5.69 Å². The number of ether oxygens (including phenoxy) is 3. The van der Waals surface area contributed by atoms with Crippen LogP contribution in [0.3, 0.4) is 0 Å². The fraction of sp³-hybridized carbons (Fsp3) is 0.462. The lowest BCUT2D eigenvalue weighted by Gasteiger charge is -2.12. The molecular formula is C13H20N2O4. The van der Waals surface area contributed by atoms with Gasteiger partial charge in [-0.3, -0.25) is 4.79 Å². The van der Waals surface area contributed by atoms with Gasteiger partial charge in [0, 0.05) is 19.7 Å². The van der Waals surface area contributed by atoms with E-state index < -0.39 is 0 Å². The predicted octanol–water partition coefficient (Wildman–Crippen LogP) is 0.878. The molecule has 0 aliphatic heterocycles. The van der Waals surface area contributed by atoms with Crippen LogP contribution in [-0.2, 0) is 9.53 Å². The third-order valence-electron chi connectivity index (χ3n) is 2.45. The highest BCUT2D eigenvalue weighted by atomic mass is 16.5. The topological polar surface area (TPSA) is 68.8 Å². The van der Waals surface area contributed by atoms with Crippen molar-refractivity contribution in [2.45, 2.75) is 0 Å². The lowest BCUT2D eigenvalue weighted by Crippen LogP contribution is -2.30. The van der Waals surface area contributed by atoms with E-state index in [1.54, 1.807) is 39.5 Å². The number of nitrogens with one attached hydrogen (secondary N) is 2. The molecule has 0 radical (unpaired) electrons. The Morgan fingerprint density at radius 1 is 1.21 bits per heavy atom. The second-order valence-electron chi connectivity index (χ2n) is 3.78. The van der Waals surface area contributed by atoms with E-state index in [9.17, 15) is 4.79 Å². The summed E-state index contributed by atoms with van der Waals surface area (Å²) in [6.45, 7) is 1.40. The average molecular weight is 268 g/mol. The molecule has 0 saturated carbocycles. The van der Waals surface area contributed by atoms with Crippen molar-refractivity contribution in [2.24, 2.45) is 0 Å². The largest absolute Gasteiger partial charge is 0.497 e. The minimum atomic E-state index is -0.150. The Bertz CT molecular complexity index is 410. The number of methoxy groups -OCH3 is 3. The van der Waals surface area contributed by atoms with Crippen LogP contribution >= 0.6 is 0 Å². The lowest BCUT2D eigenvalue weighted by atomic mass is 10.2. The van der Waals surface area contributed by atoms with Crippen LogP contribution < -0.4 is 20.1 Å². The molecule has 0 bridgehead atoms. The zero-order chi connectivity index (χ0) is 14.1. The molecule has 0 heterocycles. The van der Waals surface area contributed by atoms with Crippen LogP contribution in [0.1, 0.15) is 0 Å². The Morgan fingerprint density at radius 2 is 2.00 bits per heavy atom. The zero-order valence-corrected chi connectivity index (χ0v) is 11.5. The number of rotatable bonds is 8. The van der Waals surface area contributed by atoms with E-state index >= 15 is 0 Å². The number of anilines is 1. The van der Waals surface area contributed by atoms with Gasteiger partial charge in [0.15, 0.2) is 0 Å². The molecule has 0 fully saturated rings. The summed E-state index contributed by atoms with van der Waals surface area (Å²) in [6, 6.07) is 5.23. The van der Waals surface area contributed by atoms with Crippen molar-refractivity contribution in [1.82, 2.24) is 5.32 Å². The molecule has 0 spiro atoms. The molecule has 0 aliphatic rings. The van der Waals surface area contributed by atoms with Crippen molar-refractivity contribution in [1.29, 1.82) is 0 Å². The molecule has 1 aromatic carbocycles. The summed E-state index contributed by atoms with van der Waals surface area (Å²) < 4.78 is 15.2. The van der Waals surface area contributed by atoms with Crippen molar-refractivity contribution in [3.63, 3.8) is 0 Å². The third-order valence-corrected chi connectivity index (χ3v) is 2.45. The molecule has 106 valence electrons. The summed E-state index contributed by atoms with van der Waals surface area (Å²) in [6.07, 6.45) is 0. The predicted molar refractivity (Wildman–Crippen MR) is 72.9 cm³/mol. The summed E-state index contributed by atoms with van der Waals surface area (Å²) in [7, 11) is 4.73. The van der Waals surface area contributed by atoms with Gasteiger partial charge in [0.1, 0.15) is 11.5 Å². The monoisotopic (exact) mass is 268 g/mol. The normalized spacial score (nSPS) is 10.1. The second-order valence-corrected chi connectivity index (χ2v) is 3.78. The molecular weight excluding hydrogens is 248 g/mol. The van der Waals surface area contributed by atoms with Crippen LogP contribution in [0.2, 0.25) is 0 Å². The van der Waals surface area contributed by atoms with E-state index in [1.165, 1.54) is 0 Å². The van der Waals surface area contributed by atoms with Gasteiger partial charge in [-0.05, 0) is 12.1 Å². The van der Waals surface area contributed by atoms with Crippen LogP contribution in [0.15, 0.2) is 18.2 Å². The first kappa shape index (κ1) is 15.3. The summed E-state index contributed by atoms with van der Waals surface area (Å²) in [5.41, 5.74) is 0.584.